The maximum atomic E-state index is 14.9. The minimum atomic E-state index is -3.46. The van der Waals surface area contributed by atoms with Crippen LogP contribution in [-0.2, 0) is 10.3 Å². The van der Waals surface area contributed by atoms with Gasteiger partial charge in [0, 0.05) is 30.0 Å². The number of halogens is 7. The van der Waals surface area contributed by atoms with Gasteiger partial charge in [0.15, 0.2) is 5.54 Å². The first-order valence-electron chi connectivity index (χ1n) is 9.97. The predicted octanol–water partition coefficient (Wildman–Crippen LogP) is 3.69. The predicted molar refractivity (Wildman–Crippen MR) is 105 cm³/mol. The molecule has 15 heteroatoms. The topological polar surface area (TPSA) is 112 Å². The number of amidine groups is 1. The number of aromatic nitrogens is 2. The molecule has 2 unspecified atom stereocenters. The van der Waals surface area contributed by atoms with Crippen LogP contribution in [-0.4, -0.2) is 47.0 Å². The van der Waals surface area contributed by atoms with Crippen molar-refractivity contribution in [3.63, 3.8) is 0 Å². The van der Waals surface area contributed by atoms with Crippen LogP contribution < -0.4 is 15.8 Å². The fraction of sp³-hybridized carbons (Fsp3) is 0.400. The molecule has 3 atom stereocenters. The fourth-order valence-corrected chi connectivity index (χ4v) is 4.26. The van der Waals surface area contributed by atoms with Crippen LogP contribution in [0.4, 0.5) is 36.4 Å². The third kappa shape index (κ3) is 4.66. The zero-order valence-electron chi connectivity index (χ0n) is 17.4. The summed E-state index contributed by atoms with van der Waals surface area (Å²) in [6.45, 7) is -3.16. The second-order valence-electron chi connectivity index (χ2n) is 7.87. The second kappa shape index (κ2) is 8.85. The van der Waals surface area contributed by atoms with Crippen molar-refractivity contribution in [2.24, 2.45) is 16.6 Å². The number of nitrogens with one attached hydrogen (secondary N) is 1. The summed E-state index contributed by atoms with van der Waals surface area (Å²) in [7, 11) is 0. The Morgan fingerprint density at radius 3 is 2.54 bits per heavy atom. The number of hydrogen-bond donors (Lipinski definition) is 2. The monoisotopic (exact) mass is 507 g/mol. The van der Waals surface area contributed by atoms with E-state index in [4.69, 9.17) is 10.5 Å². The van der Waals surface area contributed by atoms with Crippen LogP contribution in [0, 0.1) is 11.7 Å². The molecule has 1 aliphatic carbocycles. The number of benzene rings is 1. The van der Waals surface area contributed by atoms with Gasteiger partial charge in [0.1, 0.15) is 17.6 Å². The van der Waals surface area contributed by atoms with Crippen molar-refractivity contribution >= 4 is 17.6 Å². The summed E-state index contributed by atoms with van der Waals surface area (Å²) in [4.78, 5) is 23.1. The summed E-state index contributed by atoms with van der Waals surface area (Å²) in [6, 6.07) is 1.82. The minimum absolute atomic E-state index is 0.206. The number of fused-ring (bicyclic) bond motifs is 1. The smallest absolute Gasteiger partial charge is 0.388 e. The first-order valence-corrected chi connectivity index (χ1v) is 9.97. The molecule has 8 nitrogen and oxygen atoms in total. The molecular formula is C20H16F7N5O3. The summed E-state index contributed by atoms with van der Waals surface area (Å²) in [5.41, 5.74) is 1.36. The molecule has 1 aromatic carbocycles. The van der Waals surface area contributed by atoms with E-state index in [9.17, 15) is 35.5 Å². The quantitative estimate of drug-likeness (QED) is 0.577. The largest absolute Gasteiger partial charge is 0.461 e. The van der Waals surface area contributed by atoms with E-state index in [0.717, 1.165) is 30.6 Å². The molecule has 0 radical (unpaired) electrons. The third-order valence-electron chi connectivity index (χ3n) is 5.66. The van der Waals surface area contributed by atoms with E-state index >= 15 is 0 Å². The van der Waals surface area contributed by atoms with Gasteiger partial charge < -0.3 is 20.5 Å². The van der Waals surface area contributed by atoms with E-state index in [2.05, 4.69) is 25.0 Å². The number of amides is 1. The Hall–Kier alpha value is -3.65. The molecule has 35 heavy (non-hydrogen) atoms. The number of nitrogens with zero attached hydrogens (tertiary/aromatic N) is 3. The van der Waals surface area contributed by atoms with Gasteiger partial charge in [-0.15, -0.1) is 0 Å². The van der Waals surface area contributed by atoms with Crippen molar-refractivity contribution in [1.82, 2.24) is 9.97 Å². The van der Waals surface area contributed by atoms with Crippen molar-refractivity contribution < 1.29 is 45.0 Å². The van der Waals surface area contributed by atoms with Crippen molar-refractivity contribution in [2.75, 3.05) is 5.32 Å². The summed E-state index contributed by atoms with van der Waals surface area (Å²) in [5, 5.41) is 2.27. The van der Waals surface area contributed by atoms with Crippen molar-refractivity contribution in [2.45, 2.75) is 43.4 Å². The highest BCUT2D eigenvalue weighted by Crippen LogP contribution is 2.55. The van der Waals surface area contributed by atoms with Gasteiger partial charge in [-0.25, -0.2) is 36.9 Å². The molecule has 2 heterocycles. The molecule has 3 N–H and O–H groups in total. The van der Waals surface area contributed by atoms with Crippen LogP contribution >= 0.6 is 0 Å². The lowest BCUT2D eigenvalue weighted by atomic mass is 9.75. The molecule has 2 aromatic rings. The summed E-state index contributed by atoms with van der Waals surface area (Å²) < 4.78 is 106. The number of ether oxygens (including phenoxy) is 2. The Kier molecular flexibility index (Phi) is 6.19. The van der Waals surface area contributed by atoms with E-state index in [0.29, 0.717) is 0 Å². The van der Waals surface area contributed by atoms with E-state index in [-0.39, 0.29) is 11.4 Å². The fourth-order valence-electron chi connectivity index (χ4n) is 4.26. The van der Waals surface area contributed by atoms with E-state index < -0.39 is 78.6 Å². The first-order chi connectivity index (χ1) is 16.4. The first kappa shape index (κ1) is 24.5. The summed E-state index contributed by atoms with van der Waals surface area (Å²) in [5.74, 6) is -7.68. The molecule has 0 bridgehead atoms. The number of carbonyl (C=O) groups is 1. The zero-order valence-corrected chi connectivity index (χ0v) is 17.4. The lowest BCUT2D eigenvalue weighted by molar-refractivity contribution is -0.0531. The van der Waals surface area contributed by atoms with Gasteiger partial charge in [-0.2, -0.15) is 8.78 Å². The third-order valence-corrected chi connectivity index (χ3v) is 5.66. The van der Waals surface area contributed by atoms with Crippen molar-refractivity contribution in [3.8, 4) is 5.88 Å². The number of nitrogens with two attached hydrogens (primary N) is 1. The lowest BCUT2D eigenvalue weighted by Gasteiger charge is -2.41. The normalized spacial score (nSPS) is 25.1. The second-order valence-corrected chi connectivity index (χ2v) is 7.87. The van der Waals surface area contributed by atoms with Crippen LogP contribution in [0.5, 0.6) is 5.88 Å². The van der Waals surface area contributed by atoms with Gasteiger partial charge in [-0.1, -0.05) is 0 Å². The highest BCUT2D eigenvalue weighted by atomic mass is 19.3. The van der Waals surface area contributed by atoms with Gasteiger partial charge in [0.2, 0.25) is 5.88 Å². The maximum absolute atomic E-state index is 14.9. The molecule has 2 aliphatic rings. The Bertz CT molecular complexity index is 1150. The minimum Gasteiger partial charge on any atom is -0.461 e. The summed E-state index contributed by atoms with van der Waals surface area (Å²) in [6.07, 6.45) is -5.27. The molecule has 1 fully saturated rings. The maximum Gasteiger partial charge on any atom is 0.388 e. The lowest BCUT2D eigenvalue weighted by Crippen LogP contribution is -2.51. The molecule has 1 aromatic heterocycles. The SMILES string of the molecule is NC1=NC(c2cc(NC(=O)c3cnc(OC(F)F)cn3)ccc2F)(C(F)F)C2CC(F)(F)C[C@@H]2O1. The Balaban J connectivity index is 1.67. The number of hydrogen-bond acceptors (Lipinski definition) is 7. The van der Waals surface area contributed by atoms with Crippen LogP contribution in [0.1, 0.15) is 28.9 Å². The number of alkyl halides is 6. The Morgan fingerprint density at radius 2 is 1.91 bits per heavy atom. The molecule has 0 spiro atoms. The van der Waals surface area contributed by atoms with E-state index in [1.54, 1.807) is 0 Å². The van der Waals surface area contributed by atoms with Crippen LogP contribution in [0.3, 0.4) is 0 Å². The Morgan fingerprint density at radius 1 is 1.17 bits per heavy atom. The standard InChI is InChI=1S/C20H16F7N5O3/c21-11-2-1-8(31-15(33)12-6-30-14(7-29-12)35-17(24)25)3-9(11)20(16(22)23)10-4-19(26,27)5-13(10)34-18(28)32-20/h1-3,6-7,10,13,16-17H,4-5H2,(H2,28,32)(H,31,33)/t10?,13-,20?/m0/s1. The zero-order chi connectivity index (χ0) is 25.5. The van der Waals surface area contributed by atoms with Gasteiger partial charge >= 0.3 is 6.61 Å². The molecule has 188 valence electrons. The molecular weight excluding hydrogens is 491 g/mol. The van der Waals surface area contributed by atoms with Crippen LogP contribution in [0.15, 0.2) is 35.6 Å². The molecule has 1 saturated carbocycles. The van der Waals surface area contributed by atoms with Gasteiger partial charge in [0.05, 0.1) is 12.4 Å². The summed E-state index contributed by atoms with van der Waals surface area (Å²) >= 11 is 0. The average molecular weight is 507 g/mol. The van der Waals surface area contributed by atoms with Crippen molar-refractivity contribution in [1.29, 1.82) is 0 Å². The van der Waals surface area contributed by atoms with E-state index in [1.807, 2.05) is 0 Å². The number of rotatable bonds is 6. The van der Waals surface area contributed by atoms with E-state index in [1.165, 1.54) is 0 Å². The van der Waals surface area contributed by atoms with Gasteiger partial charge in [0.25, 0.3) is 24.3 Å². The highest BCUT2D eigenvalue weighted by Gasteiger charge is 2.63. The molecule has 1 amide bonds. The highest BCUT2D eigenvalue weighted by molar-refractivity contribution is 6.02. The van der Waals surface area contributed by atoms with Crippen LogP contribution in [0.2, 0.25) is 0 Å². The van der Waals surface area contributed by atoms with Gasteiger partial charge in [-0.3, -0.25) is 4.79 Å². The number of aliphatic imine (C=N–C) groups is 1. The number of carbonyl (C=O) groups excluding carboxylic acids is 1. The molecule has 1 aliphatic heterocycles. The van der Waals surface area contributed by atoms with Crippen LogP contribution in [0.25, 0.3) is 0 Å². The Labute approximate surface area is 192 Å². The molecule has 4 rings (SSSR count). The average Bonchev–Trinajstić information content (AvgIpc) is 3.08. The van der Waals surface area contributed by atoms with Gasteiger partial charge in [-0.05, 0) is 18.2 Å². The molecule has 0 saturated heterocycles. The number of anilines is 1. The van der Waals surface area contributed by atoms with Crippen molar-refractivity contribution in [3.05, 3.63) is 47.7 Å².